The lowest BCUT2D eigenvalue weighted by atomic mass is 9.66. The zero-order valence-electron chi connectivity index (χ0n) is 18.9. The third-order valence-electron chi connectivity index (χ3n) is 8.20. The van der Waals surface area contributed by atoms with Crippen LogP contribution in [0.25, 0.3) is 0 Å². The summed E-state index contributed by atoms with van der Waals surface area (Å²) in [6.07, 6.45) is 8.93. The maximum atomic E-state index is 14.2. The van der Waals surface area contributed by atoms with Crippen LogP contribution in [0.5, 0.6) is 0 Å². The number of carbonyl (C=O) groups excluding carboxylic acids is 2. The highest BCUT2D eigenvalue weighted by Crippen LogP contribution is 2.68. The van der Waals surface area contributed by atoms with Gasteiger partial charge in [-0.15, -0.1) is 18.3 Å². The van der Waals surface area contributed by atoms with Gasteiger partial charge in [0.05, 0.1) is 16.6 Å². The first-order valence-corrected chi connectivity index (χ1v) is 13.0. The smallest absolute Gasteiger partial charge is 0.308 e. The Morgan fingerprint density at radius 3 is 2.62 bits per heavy atom. The van der Waals surface area contributed by atoms with Gasteiger partial charge in [0.2, 0.25) is 11.8 Å². The average molecular weight is 465 g/mol. The van der Waals surface area contributed by atoms with Crippen LogP contribution in [-0.2, 0) is 14.4 Å². The molecule has 2 amide bonds. The molecular weight excluding hydrogens is 428 g/mol. The van der Waals surface area contributed by atoms with Crippen molar-refractivity contribution in [3.8, 4) is 0 Å². The third kappa shape index (κ3) is 3.58. The van der Waals surface area contributed by atoms with Gasteiger partial charge in [-0.05, 0) is 38.0 Å². The normalized spacial score (nSPS) is 36.4. The van der Waals surface area contributed by atoms with E-state index in [9.17, 15) is 24.6 Å². The second-order valence-corrected chi connectivity index (χ2v) is 11.5. The Hall–Kier alpha value is -1.54. The molecule has 0 aromatic heterocycles. The van der Waals surface area contributed by atoms with E-state index >= 15 is 0 Å². The Morgan fingerprint density at radius 2 is 2.00 bits per heavy atom. The Balaban J connectivity index is 1.73. The number of likely N-dealkylation sites (tertiary alicyclic amines) is 1. The second-order valence-electron chi connectivity index (χ2n) is 9.92. The number of nitrogens with zero attached hydrogens (tertiary/aromatic N) is 2. The summed E-state index contributed by atoms with van der Waals surface area (Å²) in [5.74, 6) is -2.44. The number of unbranched alkanes of at least 4 members (excludes halogenated alkanes) is 1. The van der Waals surface area contributed by atoms with Crippen molar-refractivity contribution in [3.63, 3.8) is 0 Å². The van der Waals surface area contributed by atoms with Crippen LogP contribution in [0.4, 0.5) is 0 Å². The number of carbonyl (C=O) groups is 3. The number of hydrogen-bond acceptors (Lipinski definition) is 5. The van der Waals surface area contributed by atoms with Gasteiger partial charge in [0, 0.05) is 31.0 Å². The summed E-state index contributed by atoms with van der Waals surface area (Å²) in [5, 5.41) is 19.1. The van der Waals surface area contributed by atoms with Gasteiger partial charge >= 0.3 is 5.97 Å². The summed E-state index contributed by atoms with van der Waals surface area (Å²) in [5.41, 5.74) is 0. The summed E-state index contributed by atoms with van der Waals surface area (Å²) in [4.78, 5) is 43.7. The van der Waals surface area contributed by atoms with Crippen molar-refractivity contribution in [1.29, 1.82) is 0 Å². The van der Waals surface area contributed by atoms with E-state index in [4.69, 9.17) is 0 Å². The number of hydrogen-bond donors (Lipinski definition) is 2. The monoisotopic (exact) mass is 464 g/mol. The number of fused-ring (bicyclic) bond motifs is 1. The number of amides is 2. The molecule has 6 atom stereocenters. The fraction of sp³-hybridized carbons (Fsp3) is 0.792. The van der Waals surface area contributed by atoms with Gasteiger partial charge in [-0.3, -0.25) is 14.4 Å². The van der Waals surface area contributed by atoms with Gasteiger partial charge in [-0.1, -0.05) is 32.3 Å². The Labute approximate surface area is 194 Å². The van der Waals surface area contributed by atoms with E-state index in [1.807, 2.05) is 4.90 Å². The predicted octanol–water partition coefficient (Wildman–Crippen LogP) is 2.53. The van der Waals surface area contributed by atoms with Crippen molar-refractivity contribution in [3.05, 3.63) is 12.7 Å². The van der Waals surface area contributed by atoms with Gasteiger partial charge < -0.3 is 20.0 Å². The van der Waals surface area contributed by atoms with Crippen LogP contribution in [0.2, 0.25) is 0 Å². The van der Waals surface area contributed by atoms with Crippen LogP contribution in [0.1, 0.15) is 58.3 Å². The number of carboxylic acid groups (broad SMARTS) is 1. The Morgan fingerprint density at radius 1 is 1.28 bits per heavy atom. The van der Waals surface area contributed by atoms with E-state index < -0.39 is 28.6 Å². The molecule has 4 rings (SSSR count). The molecule has 1 saturated carbocycles. The van der Waals surface area contributed by atoms with Crippen molar-refractivity contribution in [1.82, 2.24) is 9.80 Å². The number of aliphatic carboxylic acids is 1. The Bertz CT molecular complexity index is 769. The highest BCUT2D eigenvalue weighted by Gasteiger charge is 2.76. The molecule has 1 spiro atoms. The lowest BCUT2D eigenvalue weighted by molar-refractivity contribution is -0.149. The molecule has 3 unspecified atom stereocenters. The summed E-state index contributed by atoms with van der Waals surface area (Å²) in [6, 6.07) is -0.497. The van der Waals surface area contributed by atoms with E-state index in [-0.39, 0.29) is 35.6 Å². The van der Waals surface area contributed by atoms with Crippen LogP contribution in [0.15, 0.2) is 12.7 Å². The maximum Gasteiger partial charge on any atom is 0.308 e. The number of aliphatic hydroxyl groups is 1. The van der Waals surface area contributed by atoms with E-state index in [1.54, 1.807) is 22.7 Å². The van der Waals surface area contributed by atoms with E-state index in [0.29, 0.717) is 25.9 Å². The Kier molecular flexibility index (Phi) is 6.92. The largest absolute Gasteiger partial charge is 0.481 e. The van der Waals surface area contributed by atoms with Crippen LogP contribution in [0, 0.1) is 17.8 Å². The molecule has 0 aromatic rings. The molecule has 4 aliphatic rings. The molecular formula is C24H36N2O5S. The van der Waals surface area contributed by atoms with E-state index in [1.165, 1.54) is 6.42 Å². The first-order valence-electron chi connectivity index (χ1n) is 12.1. The first kappa shape index (κ1) is 23.6. The molecule has 0 radical (unpaired) electrons. The first-order chi connectivity index (χ1) is 15.4. The topological polar surface area (TPSA) is 98.2 Å². The zero-order valence-corrected chi connectivity index (χ0v) is 19.8. The van der Waals surface area contributed by atoms with Gasteiger partial charge in [0.15, 0.2) is 0 Å². The lowest BCUT2D eigenvalue weighted by Gasteiger charge is -2.43. The molecule has 3 heterocycles. The van der Waals surface area contributed by atoms with Crippen molar-refractivity contribution < 1.29 is 24.6 Å². The molecule has 4 fully saturated rings. The highest BCUT2D eigenvalue weighted by molar-refractivity contribution is 8.02. The molecule has 3 aliphatic heterocycles. The number of aliphatic hydroxyl groups excluding tert-OH is 1. The molecule has 2 bridgehead atoms. The molecule has 0 aromatic carbocycles. The van der Waals surface area contributed by atoms with Crippen LogP contribution in [-0.4, -0.2) is 79.6 Å². The van der Waals surface area contributed by atoms with Crippen molar-refractivity contribution in [2.45, 2.75) is 80.4 Å². The molecule has 3 saturated heterocycles. The van der Waals surface area contributed by atoms with Gasteiger partial charge in [0.1, 0.15) is 6.04 Å². The minimum Gasteiger partial charge on any atom is -0.481 e. The summed E-state index contributed by atoms with van der Waals surface area (Å²) in [7, 11) is 0. The van der Waals surface area contributed by atoms with Crippen molar-refractivity contribution in [2.24, 2.45) is 17.8 Å². The average Bonchev–Trinajstić information content (AvgIpc) is 3.36. The molecule has 8 heteroatoms. The molecule has 32 heavy (non-hydrogen) atoms. The van der Waals surface area contributed by atoms with Crippen LogP contribution in [0.3, 0.4) is 0 Å². The summed E-state index contributed by atoms with van der Waals surface area (Å²) >= 11 is 1.59. The summed E-state index contributed by atoms with van der Waals surface area (Å²) < 4.78 is -0.685. The quantitative estimate of drug-likeness (QED) is 0.402. The fourth-order valence-electron chi connectivity index (χ4n) is 6.82. The minimum atomic E-state index is -0.923. The number of rotatable bonds is 9. The highest BCUT2D eigenvalue weighted by atomic mass is 32.2. The summed E-state index contributed by atoms with van der Waals surface area (Å²) in [6.45, 7) is 6.82. The molecule has 2 N–H and O–H groups in total. The van der Waals surface area contributed by atoms with Gasteiger partial charge in [-0.25, -0.2) is 0 Å². The van der Waals surface area contributed by atoms with E-state index in [0.717, 1.165) is 32.1 Å². The van der Waals surface area contributed by atoms with Gasteiger partial charge in [-0.2, -0.15) is 0 Å². The van der Waals surface area contributed by atoms with Crippen molar-refractivity contribution in [2.75, 3.05) is 19.7 Å². The molecule has 178 valence electrons. The van der Waals surface area contributed by atoms with E-state index in [2.05, 4.69) is 13.5 Å². The standard InChI is InChI=1S/C24H36N2O5S/c1-3-11-25(16-9-5-4-6-10-16)22(29)20-24-15(2)14-17(32-24)18(23(30)31)19(24)21(28)26(20)12-7-8-13-27/h3,15-20,27H,1,4-14H2,2H3,(H,30,31)/t15?,17-,18+,19+,20?,24?/m1/s1. The lowest BCUT2D eigenvalue weighted by Crippen LogP contribution is -2.59. The fourth-order valence-corrected chi connectivity index (χ4v) is 9.23. The number of carboxylic acids is 1. The predicted molar refractivity (Wildman–Crippen MR) is 123 cm³/mol. The van der Waals surface area contributed by atoms with Gasteiger partial charge in [0.25, 0.3) is 0 Å². The molecule has 7 nitrogen and oxygen atoms in total. The second kappa shape index (κ2) is 9.37. The van der Waals surface area contributed by atoms with Crippen LogP contribution >= 0.6 is 11.8 Å². The maximum absolute atomic E-state index is 14.2. The third-order valence-corrected chi connectivity index (χ3v) is 10.3. The van der Waals surface area contributed by atoms with Crippen LogP contribution < -0.4 is 0 Å². The number of thioether (sulfide) groups is 1. The SMILES string of the molecule is C=CCN(C(=O)C1N(CCCCO)C(=O)[C@@H]2[C@@H](C(=O)O)[C@H]3CC(C)C12S3)C1CCCCC1. The van der Waals surface area contributed by atoms with Crippen molar-refractivity contribution >= 4 is 29.5 Å². The minimum absolute atomic E-state index is 0.0326. The molecule has 1 aliphatic carbocycles. The zero-order chi connectivity index (χ0) is 23.0.